The number of allylic oxidation sites excluding steroid dienone is 1. The summed E-state index contributed by atoms with van der Waals surface area (Å²) in [4.78, 5) is 34.7. The molecule has 6 aromatic carbocycles. The fourth-order valence-electron chi connectivity index (χ4n) is 13.3. The van der Waals surface area contributed by atoms with Crippen LogP contribution in [0.15, 0.2) is 231 Å². The molecule has 109 heavy (non-hydrogen) atoms. The molecule has 0 aliphatic heterocycles. The number of hydrogen-bond donors (Lipinski definition) is 3. The van der Waals surface area contributed by atoms with Crippen molar-refractivity contribution in [2.24, 2.45) is 35.5 Å². The Labute approximate surface area is 651 Å². The third-order valence-corrected chi connectivity index (χ3v) is 21.4. The summed E-state index contributed by atoms with van der Waals surface area (Å²) in [6.45, 7) is 18.3. The van der Waals surface area contributed by atoms with Crippen LogP contribution in [0.25, 0.3) is 36.5 Å². The number of alkyl carbamates (subject to hydrolysis) is 3. The van der Waals surface area contributed by atoms with Gasteiger partial charge in [0.05, 0.1) is 39.7 Å². The summed E-state index contributed by atoms with van der Waals surface area (Å²) < 4.78 is 61.1. The number of ether oxygens (including phenoxy) is 8. The van der Waals surface area contributed by atoms with Gasteiger partial charge in [0.2, 0.25) is 0 Å². The van der Waals surface area contributed by atoms with Crippen LogP contribution >= 0.6 is 0 Å². The summed E-state index contributed by atoms with van der Waals surface area (Å²) >= 11 is 0. The van der Waals surface area contributed by atoms with Crippen molar-refractivity contribution in [1.29, 1.82) is 0 Å². The largest absolute Gasteiger partial charge is 0.500 e. The molecular formula is C91H121N3O14Si. The number of amides is 3. The van der Waals surface area contributed by atoms with Crippen molar-refractivity contribution >= 4 is 63.5 Å². The fraction of sp³-hybridized carbons (Fsp3) is 0.418. The molecule has 0 saturated heterocycles. The standard InChI is InChI=1S/C30H36O2.C21H22N2O4.C21H32O3.C19H31NO5Si/c1-3-9-23(10-4-1)13-7-15-31-21-25-17-28-26-19-27(29(20-26)30(28)18-25)22-32-16-8-14-24-11-5-2-6-12-24;24-20(26-15-7-13-18-9-3-1-4-10-18)22-17-23-21(25)27-16-8-14-19-11-5-2-6-12-19;1-2-3-15-22-16-7-8-17-23-18-9-10-19-24-20-11-14-21-12-5-4-6-13-21;1-4-23-26(24-5-2,25-6-3)17-11-15-20-19(21)22-16-10-14-18-12-8-7-9-13-18/h1-14,25-30H,15-22H2;1-14H,15-17H2,(H,22,24)(H,23,25);2-6,11-14H,7-10,15-20H2,1H3;7-10,12-14H,4-6,11,15-17H2,1-3H3,(H,20,21)/b2*13-7+,14-8+;3-2+,14-11+;14-10+. The average Bonchev–Trinajstić information content (AvgIpc) is 1.59. The van der Waals surface area contributed by atoms with Crippen LogP contribution in [0.1, 0.15) is 119 Å². The first-order valence-electron chi connectivity index (χ1n) is 39.1. The monoisotopic (exact) mass is 1510 g/mol. The Balaban J connectivity index is 0.000000229. The van der Waals surface area contributed by atoms with E-state index in [0.29, 0.717) is 45.4 Å². The molecular weight excluding hydrogens is 1390 g/mol. The maximum absolute atomic E-state index is 11.7. The molecule has 2 bridgehead atoms. The lowest BCUT2D eigenvalue weighted by atomic mass is 9.76. The maximum atomic E-state index is 11.7. The smallest absolute Gasteiger partial charge is 0.445 e. The van der Waals surface area contributed by atoms with Gasteiger partial charge in [-0.1, -0.05) is 249 Å². The maximum Gasteiger partial charge on any atom is 0.500 e. The minimum absolute atomic E-state index is 0.0809. The Morgan fingerprint density at radius 3 is 1.09 bits per heavy atom. The highest BCUT2D eigenvalue weighted by atomic mass is 28.4. The highest BCUT2D eigenvalue weighted by molar-refractivity contribution is 6.60. The van der Waals surface area contributed by atoms with Gasteiger partial charge in [-0.25, -0.2) is 14.4 Å². The molecule has 18 heteroatoms. The van der Waals surface area contributed by atoms with E-state index in [1.54, 1.807) is 12.2 Å². The van der Waals surface area contributed by atoms with E-state index in [4.69, 9.17) is 51.2 Å². The molecule has 0 radical (unpaired) electrons. The average molecular weight is 1510 g/mol. The van der Waals surface area contributed by atoms with E-state index in [9.17, 15) is 14.4 Å². The number of carbonyl (C=O) groups excluding carboxylic acids is 3. The molecule has 6 atom stereocenters. The fourth-order valence-corrected chi connectivity index (χ4v) is 15.9. The SMILES string of the molecule is C(=C\c1ccccc1)/COCC1CC2C3CC(COC/C=C/c4ccccc4)C(C3)C2C1.C/C=C/COCCCCOCCCCOC/C=C/c1ccccc1.CCO[Si](CCCNC(=O)OC/C=C/c1ccccc1)(OCC)OCC.O=C(NCNC(=O)OC/C=C/c1ccccc1)OC/C=C/c1ccccc1. The normalized spacial score (nSPS) is 17.1. The number of unbranched alkanes of at least 4 members (excludes halogenated alkanes) is 2. The van der Waals surface area contributed by atoms with Gasteiger partial charge >= 0.3 is 27.1 Å². The Kier molecular flexibility index (Phi) is 47.6. The van der Waals surface area contributed by atoms with Gasteiger partial charge in [0.1, 0.15) is 19.8 Å². The van der Waals surface area contributed by atoms with E-state index >= 15 is 0 Å². The van der Waals surface area contributed by atoms with Crippen molar-refractivity contribution in [3.8, 4) is 0 Å². The zero-order valence-electron chi connectivity index (χ0n) is 64.9. The molecule has 6 unspecified atom stereocenters. The lowest BCUT2D eigenvalue weighted by Crippen LogP contribution is -2.46. The molecule has 3 N–H and O–H groups in total. The molecule has 17 nitrogen and oxygen atoms in total. The van der Waals surface area contributed by atoms with Crippen molar-refractivity contribution in [3.63, 3.8) is 0 Å². The lowest BCUT2D eigenvalue weighted by molar-refractivity contribution is 0.0701. The number of rotatable bonds is 46. The van der Waals surface area contributed by atoms with Gasteiger partial charge in [-0.15, -0.1) is 0 Å². The Morgan fingerprint density at radius 2 is 0.706 bits per heavy atom. The van der Waals surface area contributed by atoms with Crippen LogP contribution < -0.4 is 16.0 Å². The van der Waals surface area contributed by atoms with Crippen molar-refractivity contribution < 1.29 is 65.6 Å². The van der Waals surface area contributed by atoms with Crippen LogP contribution in [0.2, 0.25) is 6.04 Å². The Morgan fingerprint density at radius 1 is 0.367 bits per heavy atom. The highest BCUT2D eigenvalue weighted by Crippen LogP contribution is 2.62. The van der Waals surface area contributed by atoms with Crippen molar-refractivity contribution in [2.75, 3.05) is 119 Å². The summed E-state index contributed by atoms with van der Waals surface area (Å²) in [5, 5.41) is 7.55. The van der Waals surface area contributed by atoms with E-state index in [1.165, 1.54) is 42.4 Å². The molecule has 0 spiro atoms. The van der Waals surface area contributed by atoms with Gasteiger partial charge in [0, 0.05) is 65.4 Å². The molecule has 0 heterocycles. The molecule has 0 aromatic heterocycles. The van der Waals surface area contributed by atoms with E-state index in [2.05, 4.69) is 125 Å². The predicted molar refractivity (Wildman–Crippen MR) is 443 cm³/mol. The van der Waals surface area contributed by atoms with E-state index in [0.717, 1.165) is 137 Å². The zero-order valence-corrected chi connectivity index (χ0v) is 65.9. The topological polar surface area (TPSA) is 189 Å². The van der Waals surface area contributed by atoms with Crippen LogP contribution in [0, 0.1) is 35.5 Å². The minimum atomic E-state index is -2.64. The Hall–Kier alpha value is -8.79. The first-order valence-corrected chi connectivity index (χ1v) is 41.1. The van der Waals surface area contributed by atoms with Crippen molar-refractivity contribution in [1.82, 2.24) is 16.0 Å². The summed E-state index contributed by atoms with van der Waals surface area (Å²) in [6, 6.07) is 61.1. The predicted octanol–water partition coefficient (Wildman–Crippen LogP) is 19.3. The third-order valence-electron chi connectivity index (χ3n) is 18.2. The number of fused-ring (bicyclic) bond motifs is 5. The summed E-state index contributed by atoms with van der Waals surface area (Å²) in [5.74, 6) is 5.26. The molecule has 3 fully saturated rings. The Bertz CT molecular complexity index is 3430. The molecule has 3 aliphatic carbocycles. The van der Waals surface area contributed by atoms with Gasteiger partial charge in [0.15, 0.2) is 0 Å². The van der Waals surface area contributed by atoms with E-state index in [-0.39, 0.29) is 26.5 Å². The molecule has 3 amide bonds. The quantitative estimate of drug-likeness (QED) is 0.0108. The third kappa shape index (κ3) is 40.5. The van der Waals surface area contributed by atoms with E-state index in [1.807, 2.05) is 173 Å². The van der Waals surface area contributed by atoms with Gasteiger partial charge in [-0.3, -0.25) is 0 Å². The first-order chi connectivity index (χ1) is 53.7. The lowest BCUT2D eigenvalue weighted by Gasteiger charge is -2.31. The van der Waals surface area contributed by atoms with Crippen LogP contribution in [-0.2, 0) is 51.2 Å². The van der Waals surface area contributed by atoms with Gasteiger partial charge in [0.25, 0.3) is 0 Å². The molecule has 6 aromatic rings. The highest BCUT2D eigenvalue weighted by Gasteiger charge is 2.55. The molecule has 3 aliphatic rings. The second-order valence-corrected chi connectivity index (χ2v) is 29.1. The molecule has 588 valence electrons. The van der Waals surface area contributed by atoms with Crippen molar-refractivity contribution in [3.05, 3.63) is 264 Å². The number of nitrogens with one attached hydrogen (secondary N) is 3. The van der Waals surface area contributed by atoms with Crippen LogP contribution in [0.3, 0.4) is 0 Å². The summed E-state index contributed by atoms with van der Waals surface area (Å²) in [6.07, 6.45) is 36.6. The zero-order chi connectivity index (χ0) is 77.0. The van der Waals surface area contributed by atoms with E-state index < -0.39 is 27.1 Å². The second-order valence-electron chi connectivity index (χ2n) is 26.4. The van der Waals surface area contributed by atoms with Gasteiger partial charge < -0.3 is 67.1 Å². The summed E-state index contributed by atoms with van der Waals surface area (Å²) in [5.41, 5.74) is 6.81. The number of hydrogen-bond acceptors (Lipinski definition) is 14. The van der Waals surface area contributed by atoms with Gasteiger partial charge in [-0.2, -0.15) is 0 Å². The van der Waals surface area contributed by atoms with Crippen molar-refractivity contribution in [2.45, 2.75) is 91.5 Å². The number of carbonyl (C=O) groups is 3. The van der Waals surface area contributed by atoms with Crippen LogP contribution in [-0.4, -0.2) is 146 Å². The number of benzene rings is 6. The van der Waals surface area contributed by atoms with Crippen LogP contribution in [0.4, 0.5) is 14.4 Å². The van der Waals surface area contributed by atoms with Gasteiger partial charge in [-0.05, 0) is 173 Å². The molecule has 3 saturated carbocycles. The first kappa shape index (κ1) is 89.1. The summed E-state index contributed by atoms with van der Waals surface area (Å²) in [7, 11) is -2.64. The van der Waals surface area contributed by atoms with Crippen LogP contribution in [0.5, 0.6) is 0 Å². The minimum Gasteiger partial charge on any atom is -0.445 e. The molecule has 9 rings (SSSR count). The second kappa shape index (κ2) is 58.2.